The van der Waals surface area contributed by atoms with Crippen LogP contribution in [-0.4, -0.2) is 70.4 Å². The predicted molar refractivity (Wildman–Crippen MR) is 156 cm³/mol. The van der Waals surface area contributed by atoms with Crippen molar-refractivity contribution >= 4 is 32.9 Å². The van der Waals surface area contributed by atoms with Crippen LogP contribution in [0.25, 0.3) is 11.1 Å². The predicted octanol–water partition coefficient (Wildman–Crippen LogP) is 3.32. The molecule has 3 aromatic rings. The second kappa shape index (κ2) is 12.9. The number of carbonyl (C=O) groups excluding carboxylic acids is 2. The second-order valence-electron chi connectivity index (χ2n) is 11.5. The van der Waals surface area contributed by atoms with E-state index in [4.69, 9.17) is 4.42 Å². The topological polar surface area (TPSA) is 155 Å². The molecule has 0 unspecified atom stereocenters. The molecule has 226 valence electrons. The molecule has 2 amide bonds. The number of furan rings is 1. The molecule has 42 heavy (non-hydrogen) atoms. The van der Waals surface area contributed by atoms with Crippen LogP contribution in [0.4, 0.5) is 0 Å². The van der Waals surface area contributed by atoms with E-state index in [9.17, 15) is 23.1 Å². The average molecular weight is 598 g/mol. The largest absolute Gasteiger partial charge is 0.449 e. The van der Waals surface area contributed by atoms with Crippen LogP contribution in [-0.2, 0) is 14.8 Å². The van der Waals surface area contributed by atoms with Gasteiger partial charge in [-0.15, -0.1) is 0 Å². The van der Waals surface area contributed by atoms with E-state index >= 15 is 0 Å². The van der Waals surface area contributed by atoms with Crippen LogP contribution in [0, 0.1) is 12.8 Å². The third-order valence-electron chi connectivity index (χ3n) is 8.56. The number of hydrogen-bond donors (Lipinski definition) is 3. The number of nitrogens with zero attached hydrogens (tertiary/aromatic N) is 3. The van der Waals surface area contributed by atoms with Crippen molar-refractivity contribution in [3.63, 3.8) is 0 Å². The summed E-state index contributed by atoms with van der Waals surface area (Å²) in [5, 5.41) is 16.9. The summed E-state index contributed by atoms with van der Waals surface area (Å²) >= 11 is 0. The molecule has 12 heteroatoms. The summed E-state index contributed by atoms with van der Waals surface area (Å²) in [4.78, 5) is 35.4. The highest BCUT2D eigenvalue weighted by atomic mass is 32.2. The molecule has 5 rings (SSSR count). The minimum atomic E-state index is -3.94. The lowest BCUT2D eigenvalue weighted by Crippen LogP contribution is -2.54. The molecule has 1 saturated heterocycles. The lowest BCUT2D eigenvalue weighted by molar-refractivity contribution is -0.125. The molecule has 0 spiro atoms. The van der Waals surface area contributed by atoms with E-state index in [1.807, 2.05) is 0 Å². The number of sulfonamides is 1. The summed E-state index contributed by atoms with van der Waals surface area (Å²) in [5.74, 6) is -0.502. The van der Waals surface area contributed by atoms with Gasteiger partial charge >= 0.3 is 0 Å². The molecule has 4 atom stereocenters. The Balaban J connectivity index is 1.32. The number of fused-ring (bicyclic) bond motifs is 1. The molecule has 1 aliphatic carbocycles. The van der Waals surface area contributed by atoms with E-state index in [0.29, 0.717) is 35.9 Å². The summed E-state index contributed by atoms with van der Waals surface area (Å²) in [7, 11) is -3.94. The highest BCUT2D eigenvalue weighted by Crippen LogP contribution is 2.29. The molecule has 0 radical (unpaired) electrons. The van der Waals surface area contributed by atoms with Gasteiger partial charge in [0.05, 0.1) is 12.1 Å². The maximum absolute atomic E-state index is 13.7. The Kier molecular flexibility index (Phi) is 9.24. The summed E-state index contributed by atoms with van der Waals surface area (Å²) < 4.78 is 33.7. The summed E-state index contributed by atoms with van der Waals surface area (Å²) in [6.07, 6.45) is 8.47. The molecule has 2 aliphatic rings. The zero-order valence-electron chi connectivity index (χ0n) is 24.0. The normalized spacial score (nSPS) is 23.3. The van der Waals surface area contributed by atoms with Crippen molar-refractivity contribution < 1.29 is 27.5 Å². The number of carbonyl (C=O) groups is 2. The maximum Gasteiger partial charge on any atom is 0.288 e. The van der Waals surface area contributed by atoms with Crippen LogP contribution >= 0.6 is 0 Å². The molecular formula is C30H39N5O6S. The van der Waals surface area contributed by atoms with Crippen LogP contribution in [0.1, 0.15) is 74.4 Å². The van der Waals surface area contributed by atoms with Crippen LogP contribution in [0.3, 0.4) is 0 Å². The van der Waals surface area contributed by atoms with E-state index in [2.05, 4.69) is 20.6 Å². The minimum Gasteiger partial charge on any atom is -0.449 e. The molecule has 4 heterocycles. The fourth-order valence-corrected chi connectivity index (χ4v) is 7.74. The van der Waals surface area contributed by atoms with Gasteiger partial charge in [-0.25, -0.2) is 13.4 Å². The van der Waals surface area contributed by atoms with Gasteiger partial charge in [0.1, 0.15) is 11.6 Å². The molecule has 0 aromatic carbocycles. The number of β-amino-alcohol motifs (C(OH)–C–C–N with tert-alkyl or cyclic N) is 1. The number of pyridine rings is 2. The van der Waals surface area contributed by atoms with Crippen molar-refractivity contribution in [2.45, 2.75) is 94.5 Å². The molecule has 11 nitrogen and oxygen atoms in total. The first-order valence-electron chi connectivity index (χ1n) is 14.7. The Morgan fingerprint density at radius 2 is 1.83 bits per heavy atom. The molecule has 1 aliphatic heterocycles. The Morgan fingerprint density at radius 1 is 1.07 bits per heavy atom. The van der Waals surface area contributed by atoms with Gasteiger partial charge in [-0.3, -0.25) is 14.6 Å². The first-order chi connectivity index (χ1) is 20.1. The highest BCUT2D eigenvalue weighted by molar-refractivity contribution is 7.89. The van der Waals surface area contributed by atoms with Crippen molar-refractivity contribution in [2.75, 3.05) is 6.54 Å². The third-order valence-corrected chi connectivity index (χ3v) is 10.5. The summed E-state index contributed by atoms with van der Waals surface area (Å²) in [5.41, 5.74) is 1.69. The number of aliphatic hydroxyl groups is 1. The lowest BCUT2D eigenvalue weighted by atomic mass is 9.84. The van der Waals surface area contributed by atoms with Crippen LogP contribution in [0.2, 0.25) is 0 Å². The van der Waals surface area contributed by atoms with Gasteiger partial charge in [-0.2, -0.15) is 4.31 Å². The zero-order chi connectivity index (χ0) is 29.9. The highest BCUT2D eigenvalue weighted by Gasteiger charge is 2.38. The number of hydrogen-bond acceptors (Lipinski definition) is 8. The number of rotatable bonds is 8. The van der Waals surface area contributed by atoms with Gasteiger partial charge in [0.25, 0.3) is 15.9 Å². The van der Waals surface area contributed by atoms with Crippen LogP contribution in [0.5, 0.6) is 0 Å². The Morgan fingerprint density at radius 3 is 2.55 bits per heavy atom. The minimum absolute atomic E-state index is 0.0853. The van der Waals surface area contributed by atoms with Crippen molar-refractivity contribution in [1.29, 1.82) is 0 Å². The first-order valence-corrected chi connectivity index (χ1v) is 16.2. The van der Waals surface area contributed by atoms with Gasteiger partial charge < -0.3 is 20.2 Å². The molecule has 2 fully saturated rings. The van der Waals surface area contributed by atoms with Gasteiger partial charge in [-0.1, -0.05) is 38.2 Å². The summed E-state index contributed by atoms with van der Waals surface area (Å²) in [6, 6.07) is 6.20. The van der Waals surface area contributed by atoms with Crippen molar-refractivity contribution in [2.24, 2.45) is 5.92 Å². The molecule has 1 saturated carbocycles. The smallest absolute Gasteiger partial charge is 0.288 e. The fraction of sp³-hybridized carbons (Fsp3) is 0.533. The number of aliphatic hydroxyl groups excluding tert-OH is 1. The van der Waals surface area contributed by atoms with E-state index in [0.717, 1.165) is 32.1 Å². The Bertz CT molecular complexity index is 1500. The number of aromatic nitrogens is 2. The lowest BCUT2D eigenvalue weighted by Gasteiger charge is -2.29. The van der Waals surface area contributed by atoms with Gasteiger partial charge in [0.2, 0.25) is 5.91 Å². The van der Waals surface area contributed by atoms with E-state index < -0.39 is 46.1 Å². The van der Waals surface area contributed by atoms with Crippen molar-refractivity contribution in [3.8, 4) is 0 Å². The standard InChI is InChI=1S/C30H39N5O6S/c1-19-13-14-22(24(36)18-35(19)42(39,40)26-12-6-7-15-31-26)33-29(37)23(17-21-9-4-3-5-10-21)34-30(38)28-20(2)27-25(41-28)11-8-16-32-27/h6-8,11-12,15-16,19,21-24,36H,3-5,9-10,13-14,17-18H2,1-2H3,(H,33,37)(H,34,38)/t19-,22+,23+,24+/m1/s1. The zero-order valence-corrected chi connectivity index (χ0v) is 24.8. The molecule has 3 aromatic heterocycles. The third kappa shape index (κ3) is 6.50. The molecular weight excluding hydrogens is 558 g/mol. The van der Waals surface area contributed by atoms with Gasteiger partial charge in [0.15, 0.2) is 16.4 Å². The molecule has 3 N–H and O–H groups in total. The Hall–Kier alpha value is -3.35. The maximum atomic E-state index is 13.7. The van der Waals surface area contributed by atoms with E-state index in [1.54, 1.807) is 44.3 Å². The van der Waals surface area contributed by atoms with Gasteiger partial charge in [-0.05, 0) is 63.3 Å². The van der Waals surface area contributed by atoms with Crippen molar-refractivity contribution in [3.05, 3.63) is 54.0 Å². The monoisotopic (exact) mass is 597 g/mol. The number of amides is 2. The van der Waals surface area contributed by atoms with Crippen LogP contribution < -0.4 is 10.6 Å². The quantitative estimate of drug-likeness (QED) is 0.357. The van der Waals surface area contributed by atoms with E-state index in [-0.39, 0.29) is 23.2 Å². The first kappa shape index (κ1) is 30.1. The second-order valence-corrected chi connectivity index (χ2v) is 13.4. The Labute approximate surface area is 246 Å². The molecule has 0 bridgehead atoms. The SMILES string of the molecule is Cc1c(C(=O)N[C@@H](CC2CCCCC2)C(=O)N[C@H]2CC[C@@H](C)N(S(=O)(=O)c3ccccn3)C[C@@H]2O)oc2cccnc12. The van der Waals surface area contributed by atoms with Crippen molar-refractivity contribution in [1.82, 2.24) is 24.9 Å². The number of nitrogens with one attached hydrogen (secondary N) is 2. The van der Waals surface area contributed by atoms with Crippen LogP contribution in [0.15, 0.2) is 52.2 Å². The number of aryl methyl sites for hydroxylation is 1. The van der Waals surface area contributed by atoms with Gasteiger partial charge in [0, 0.05) is 30.5 Å². The van der Waals surface area contributed by atoms with E-state index in [1.165, 1.54) is 16.6 Å². The average Bonchev–Trinajstić information content (AvgIpc) is 3.26. The summed E-state index contributed by atoms with van der Waals surface area (Å²) in [6.45, 7) is 3.36. The fourth-order valence-electron chi connectivity index (χ4n) is 6.13.